The maximum atomic E-state index is 2.60. The number of para-hydroxylation sites is 1. The lowest BCUT2D eigenvalue weighted by atomic mass is 9.36. The summed E-state index contributed by atoms with van der Waals surface area (Å²) in [5.41, 5.74) is 28.2. The smallest absolute Gasteiger partial charge is 0.264 e. The lowest BCUT2D eigenvalue weighted by Crippen LogP contribution is -2.60. The summed E-state index contributed by atoms with van der Waals surface area (Å²) in [6.45, 7) is 8.95. The number of benzene rings is 9. The zero-order chi connectivity index (χ0) is 43.3. The SMILES string of the molecule is Cc1ccc(N2c3cccc4c3B(c3ccc(-c5c(C)cccc5C)cc3N4c3ccccc3)c3sc4cc5c(cc4c32)-c2ccc(C)cc2C52c3ccccc3-c3ccccc32)cc1. The summed E-state index contributed by atoms with van der Waals surface area (Å²) >= 11 is 2.00. The summed E-state index contributed by atoms with van der Waals surface area (Å²) in [6.07, 6.45) is 0. The lowest BCUT2D eigenvalue weighted by molar-refractivity contribution is 0.794. The first-order valence-electron chi connectivity index (χ1n) is 22.9. The van der Waals surface area contributed by atoms with E-state index in [1.54, 1.807) is 0 Å². The first-order valence-corrected chi connectivity index (χ1v) is 23.7. The minimum atomic E-state index is -0.410. The molecule has 0 amide bonds. The van der Waals surface area contributed by atoms with Gasteiger partial charge >= 0.3 is 0 Å². The van der Waals surface area contributed by atoms with Gasteiger partial charge in [0.05, 0.1) is 11.1 Å². The van der Waals surface area contributed by atoms with Crippen LogP contribution in [0.1, 0.15) is 44.5 Å². The number of rotatable bonds is 3. The summed E-state index contributed by atoms with van der Waals surface area (Å²) in [7, 11) is 0. The van der Waals surface area contributed by atoms with Gasteiger partial charge in [0.1, 0.15) is 0 Å². The van der Waals surface area contributed by atoms with Crippen molar-refractivity contribution in [2.75, 3.05) is 9.80 Å². The molecule has 2 aliphatic heterocycles. The van der Waals surface area contributed by atoms with Crippen LogP contribution < -0.4 is 25.5 Å². The van der Waals surface area contributed by atoms with Gasteiger partial charge in [-0.3, -0.25) is 0 Å². The van der Waals surface area contributed by atoms with Crippen molar-refractivity contribution in [3.05, 3.63) is 233 Å². The highest BCUT2D eigenvalue weighted by atomic mass is 32.1. The molecule has 65 heavy (non-hydrogen) atoms. The minimum absolute atomic E-state index is 0.0314. The Morgan fingerprint density at radius 3 is 1.80 bits per heavy atom. The third kappa shape index (κ3) is 4.85. The Morgan fingerprint density at radius 2 is 1.06 bits per heavy atom. The van der Waals surface area contributed by atoms with Crippen LogP contribution in [-0.2, 0) is 5.41 Å². The van der Waals surface area contributed by atoms with Crippen LogP contribution in [0.4, 0.5) is 34.1 Å². The lowest BCUT2D eigenvalue weighted by Gasteiger charge is -2.43. The zero-order valence-electron chi connectivity index (χ0n) is 36.8. The molecule has 4 heteroatoms. The van der Waals surface area contributed by atoms with Crippen LogP contribution in [0.15, 0.2) is 188 Å². The van der Waals surface area contributed by atoms with E-state index in [1.807, 2.05) is 11.3 Å². The molecular formula is C61H43BN2S. The second kappa shape index (κ2) is 13.3. The van der Waals surface area contributed by atoms with Gasteiger partial charge in [-0.1, -0.05) is 145 Å². The van der Waals surface area contributed by atoms with Crippen LogP contribution in [0, 0.1) is 27.7 Å². The van der Waals surface area contributed by atoms with Crippen molar-refractivity contribution in [2.45, 2.75) is 33.1 Å². The summed E-state index contributed by atoms with van der Waals surface area (Å²) in [4.78, 5) is 5.12. The predicted octanol–water partition coefficient (Wildman–Crippen LogP) is 14.2. The molecule has 0 fully saturated rings. The fourth-order valence-corrected chi connectivity index (χ4v) is 13.7. The molecule has 2 aliphatic carbocycles. The van der Waals surface area contributed by atoms with Gasteiger partial charge in [-0.25, -0.2) is 0 Å². The van der Waals surface area contributed by atoms with Crippen molar-refractivity contribution in [3.63, 3.8) is 0 Å². The molecule has 14 rings (SSSR count). The summed E-state index contributed by atoms with van der Waals surface area (Å²) in [5.74, 6) is 0. The van der Waals surface area contributed by atoms with E-state index < -0.39 is 5.41 Å². The molecule has 0 saturated heterocycles. The number of fused-ring (bicyclic) bond motifs is 16. The van der Waals surface area contributed by atoms with E-state index in [4.69, 9.17) is 0 Å². The average molecular weight is 847 g/mol. The van der Waals surface area contributed by atoms with E-state index in [9.17, 15) is 0 Å². The molecule has 306 valence electrons. The van der Waals surface area contributed by atoms with Crippen LogP contribution in [0.3, 0.4) is 0 Å². The molecule has 4 aliphatic rings. The number of hydrogen-bond acceptors (Lipinski definition) is 3. The van der Waals surface area contributed by atoms with Crippen LogP contribution in [0.25, 0.3) is 43.5 Å². The van der Waals surface area contributed by atoms with Crippen LogP contribution in [0.2, 0.25) is 0 Å². The Bertz CT molecular complexity index is 3610. The molecule has 3 heterocycles. The van der Waals surface area contributed by atoms with Crippen molar-refractivity contribution >= 4 is 78.0 Å². The van der Waals surface area contributed by atoms with Crippen molar-refractivity contribution < 1.29 is 0 Å². The van der Waals surface area contributed by atoms with E-state index in [2.05, 4.69) is 226 Å². The zero-order valence-corrected chi connectivity index (χ0v) is 37.6. The van der Waals surface area contributed by atoms with Crippen LogP contribution in [-0.4, -0.2) is 6.71 Å². The van der Waals surface area contributed by atoms with E-state index in [0.717, 1.165) is 5.69 Å². The van der Waals surface area contributed by atoms with Gasteiger partial charge in [0.25, 0.3) is 6.71 Å². The molecule has 0 unspecified atom stereocenters. The van der Waals surface area contributed by atoms with Gasteiger partial charge in [0.2, 0.25) is 0 Å². The van der Waals surface area contributed by atoms with Gasteiger partial charge in [0, 0.05) is 43.3 Å². The fourth-order valence-electron chi connectivity index (χ4n) is 12.4. The molecular weight excluding hydrogens is 804 g/mol. The molecule has 9 aromatic carbocycles. The van der Waals surface area contributed by atoms with Gasteiger partial charge in [-0.15, -0.1) is 11.3 Å². The van der Waals surface area contributed by atoms with E-state index >= 15 is 0 Å². The van der Waals surface area contributed by atoms with E-state index in [-0.39, 0.29) is 6.71 Å². The van der Waals surface area contributed by atoms with Crippen molar-refractivity contribution in [1.82, 2.24) is 0 Å². The van der Waals surface area contributed by atoms with Gasteiger partial charge in [-0.2, -0.15) is 0 Å². The standard InChI is InChI=1S/C61H43BN2S/c1-36-24-28-42(29-25-36)64-54-23-13-22-53-58(54)62(52-31-27-40(57-38(3)14-12-15-39(57)4)33-55(52)63(53)41-16-6-5-7-17-41)60-59(64)47-34-46-45-30-26-37(2)32-50(45)61(51(46)35-56(47)65-60)48-20-10-8-18-43(48)44-19-9-11-21-49(44)61/h5-35H,1-4H3. The largest absolute Gasteiger partial charge is 0.311 e. The molecule has 0 atom stereocenters. The maximum Gasteiger partial charge on any atom is 0.264 e. The Balaban J connectivity index is 1.09. The van der Waals surface area contributed by atoms with Crippen molar-refractivity contribution in [3.8, 4) is 33.4 Å². The van der Waals surface area contributed by atoms with Gasteiger partial charge < -0.3 is 9.80 Å². The average Bonchev–Trinajstić information content (AvgIpc) is 3.94. The minimum Gasteiger partial charge on any atom is -0.311 e. The molecule has 2 nitrogen and oxygen atoms in total. The van der Waals surface area contributed by atoms with Crippen LogP contribution >= 0.6 is 11.3 Å². The Labute approximate surface area is 384 Å². The Hall–Kier alpha value is -7.40. The van der Waals surface area contributed by atoms with Gasteiger partial charge in [0.15, 0.2) is 0 Å². The van der Waals surface area contributed by atoms with Gasteiger partial charge in [-0.05, 0) is 160 Å². The Morgan fingerprint density at radius 1 is 0.446 bits per heavy atom. The normalized spacial score (nSPS) is 14.2. The topological polar surface area (TPSA) is 6.48 Å². The number of nitrogens with zero attached hydrogens (tertiary/aromatic N) is 2. The molecule has 0 N–H and O–H groups in total. The van der Waals surface area contributed by atoms with E-state index in [0.29, 0.717) is 0 Å². The van der Waals surface area contributed by atoms with Crippen molar-refractivity contribution in [1.29, 1.82) is 0 Å². The fraction of sp³-hybridized carbons (Fsp3) is 0.0820. The van der Waals surface area contributed by atoms with E-state index in [1.165, 1.54) is 132 Å². The quantitative estimate of drug-likeness (QED) is 0.163. The highest BCUT2D eigenvalue weighted by molar-refractivity contribution is 7.33. The third-order valence-electron chi connectivity index (χ3n) is 15.0. The number of anilines is 6. The van der Waals surface area contributed by atoms with Crippen LogP contribution in [0.5, 0.6) is 0 Å². The molecule has 0 saturated carbocycles. The first-order chi connectivity index (χ1) is 31.9. The summed E-state index contributed by atoms with van der Waals surface area (Å²) < 4.78 is 2.72. The molecule has 0 radical (unpaired) electrons. The summed E-state index contributed by atoms with van der Waals surface area (Å²) in [5, 5.41) is 1.31. The number of hydrogen-bond donors (Lipinski definition) is 0. The molecule has 1 aromatic heterocycles. The molecule has 1 spiro atoms. The monoisotopic (exact) mass is 846 g/mol. The van der Waals surface area contributed by atoms with Crippen molar-refractivity contribution in [2.24, 2.45) is 0 Å². The highest BCUT2D eigenvalue weighted by Crippen LogP contribution is 2.64. The summed E-state index contributed by atoms with van der Waals surface area (Å²) in [6, 6.07) is 71.8. The third-order valence-corrected chi connectivity index (χ3v) is 16.2. The second-order valence-corrected chi connectivity index (χ2v) is 19.7. The highest BCUT2D eigenvalue weighted by Gasteiger charge is 2.53. The molecule has 10 aromatic rings. The first kappa shape index (κ1) is 37.0. The second-order valence-electron chi connectivity index (χ2n) is 18.6. The number of aryl methyl sites for hydroxylation is 4. The Kier molecular flexibility index (Phi) is 7.59. The maximum absolute atomic E-state index is 2.60. The predicted molar refractivity (Wildman–Crippen MR) is 277 cm³/mol. The number of thiophene rings is 1. The molecule has 0 bridgehead atoms.